The van der Waals surface area contributed by atoms with Gasteiger partial charge in [0, 0.05) is 5.56 Å². The predicted octanol–water partition coefficient (Wildman–Crippen LogP) is 3.41. The number of fused-ring (bicyclic) bond motifs is 1. The van der Waals surface area contributed by atoms with E-state index < -0.39 is 0 Å². The third kappa shape index (κ3) is 2.46. The Balaban J connectivity index is 1.64. The molecule has 114 valence electrons. The van der Waals surface area contributed by atoms with Crippen LogP contribution in [0.1, 0.15) is 5.82 Å². The van der Waals surface area contributed by atoms with Crippen LogP contribution < -0.4 is 0 Å². The molecule has 0 radical (unpaired) electrons. The Morgan fingerprint density at radius 2 is 1.87 bits per heavy atom. The highest BCUT2D eigenvalue weighted by Crippen LogP contribution is 2.20. The molecule has 5 nitrogen and oxygen atoms in total. The van der Waals surface area contributed by atoms with Crippen molar-refractivity contribution in [3.8, 4) is 11.5 Å². The van der Waals surface area contributed by atoms with Crippen LogP contribution in [0.15, 0.2) is 53.2 Å². The van der Waals surface area contributed by atoms with Crippen molar-refractivity contribution in [1.82, 2.24) is 19.9 Å². The minimum atomic E-state index is -0.335. The average molecular weight is 312 g/mol. The smallest absolute Gasteiger partial charge is 0.257 e. The molecule has 0 aliphatic carbocycles. The Bertz CT molecular complexity index is 975. The van der Waals surface area contributed by atoms with Crippen molar-refractivity contribution in [2.24, 2.45) is 0 Å². The van der Waals surface area contributed by atoms with Gasteiger partial charge in [-0.15, -0.1) is 0 Å². The topological polar surface area (TPSA) is 56.7 Å². The maximum atomic E-state index is 13.7. The first-order valence-corrected chi connectivity index (χ1v) is 6.89. The third-order valence-corrected chi connectivity index (χ3v) is 3.48. The molecule has 0 spiro atoms. The predicted molar refractivity (Wildman–Crippen MR) is 78.5 cm³/mol. The van der Waals surface area contributed by atoms with Crippen LogP contribution in [0.5, 0.6) is 0 Å². The maximum Gasteiger partial charge on any atom is 0.257 e. The van der Waals surface area contributed by atoms with Gasteiger partial charge >= 0.3 is 0 Å². The Morgan fingerprint density at radius 3 is 2.70 bits per heavy atom. The summed E-state index contributed by atoms with van der Waals surface area (Å²) in [6, 6.07) is 10.5. The fourth-order valence-electron chi connectivity index (χ4n) is 2.36. The second-order valence-corrected chi connectivity index (χ2v) is 5.00. The first-order chi connectivity index (χ1) is 11.2. The van der Waals surface area contributed by atoms with Gasteiger partial charge in [0.05, 0.1) is 17.1 Å². The van der Waals surface area contributed by atoms with E-state index in [0.29, 0.717) is 28.2 Å². The van der Waals surface area contributed by atoms with Gasteiger partial charge in [-0.05, 0) is 36.4 Å². The summed E-state index contributed by atoms with van der Waals surface area (Å²) in [5.74, 6) is 0.0358. The highest BCUT2D eigenvalue weighted by Gasteiger charge is 2.12. The van der Waals surface area contributed by atoms with Gasteiger partial charge in [-0.2, -0.15) is 10.1 Å². The number of hydrogen-bond donors (Lipinski definition) is 0. The molecule has 2 aromatic carbocycles. The average Bonchev–Trinajstić information content (AvgIpc) is 3.17. The molecule has 4 aromatic rings. The molecule has 2 aromatic heterocycles. The Labute approximate surface area is 129 Å². The van der Waals surface area contributed by atoms with Gasteiger partial charge in [0.1, 0.15) is 18.2 Å². The molecule has 0 amide bonds. The zero-order valence-corrected chi connectivity index (χ0v) is 11.8. The van der Waals surface area contributed by atoms with E-state index in [9.17, 15) is 8.78 Å². The highest BCUT2D eigenvalue weighted by molar-refractivity contribution is 5.79. The standard InChI is InChI=1S/C16H10F2N4O/c17-11-6-4-10(5-7-11)16-20-15(21-23-16)9-22-14-3-1-2-13(18)12(14)8-19-22/h1-8H,9H2. The van der Waals surface area contributed by atoms with Crippen LogP contribution in [0, 0.1) is 11.6 Å². The first kappa shape index (κ1) is 13.6. The van der Waals surface area contributed by atoms with Gasteiger partial charge in [-0.1, -0.05) is 11.2 Å². The minimum Gasteiger partial charge on any atom is -0.334 e. The largest absolute Gasteiger partial charge is 0.334 e. The van der Waals surface area contributed by atoms with E-state index in [1.165, 1.54) is 24.4 Å². The second-order valence-electron chi connectivity index (χ2n) is 5.00. The van der Waals surface area contributed by atoms with E-state index in [4.69, 9.17) is 4.52 Å². The second kappa shape index (κ2) is 5.28. The van der Waals surface area contributed by atoms with Crippen LogP contribution in [0.25, 0.3) is 22.4 Å². The normalized spacial score (nSPS) is 11.2. The van der Waals surface area contributed by atoms with Gasteiger partial charge in [0.2, 0.25) is 0 Å². The van der Waals surface area contributed by atoms with Gasteiger partial charge in [0.15, 0.2) is 5.82 Å². The van der Waals surface area contributed by atoms with E-state index in [0.717, 1.165) is 0 Å². The molecule has 0 bridgehead atoms. The summed E-state index contributed by atoms with van der Waals surface area (Å²) in [7, 11) is 0. The molecule has 0 aliphatic heterocycles. The molecule has 0 unspecified atom stereocenters. The number of benzene rings is 2. The molecule has 2 heterocycles. The monoisotopic (exact) mass is 312 g/mol. The Hall–Kier alpha value is -3.09. The van der Waals surface area contributed by atoms with Crippen molar-refractivity contribution in [2.75, 3.05) is 0 Å². The quantitative estimate of drug-likeness (QED) is 0.582. The molecule has 0 atom stereocenters. The number of nitrogens with zero attached hydrogens (tertiary/aromatic N) is 4. The maximum absolute atomic E-state index is 13.7. The summed E-state index contributed by atoms with van der Waals surface area (Å²) in [6.45, 7) is 0.248. The van der Waals surface area contributed by atoms with Gasteiger partial charge in [0.25, 0.3) is 5.89 Å². The molecule has 0 saturated heterocycles. The summed E-state index contributed by atoms with van der Waals surface area (Å²) >= 11 is 0. The molecule has 23 heavy (non-hydrogen) atoms. The molecule has 0 N–H and O–H groups in total. The molecule has 4 rings (SSSR count). The fraction of sp³-hybridized carbons (Fsp3) is 0.0625. The van der Waals surface area contributed by atoms with Gasteiger partial charge in [-0.25, -0.2) is 8.78 Å². The molecule has 0 saturated carbocycles. The van der Waals surface area contributed by atoms with E-state index in [2.05, 4.69) is 15.2 Å². The summed E-state index contributed by atoms with van der Waals surface area (Å²) in [5.41, 5.74) is 1.28. The van der Waals surface area contributed by atoms with E-state index in [1.54, 1.807) is 28.9 Å². The third-order valence-electron chi connectivity index (χ3n) is 3.48. The summed E-state index contributed by atoms with van der Waals surface area (Å²) in [4.78, 5) is 4.26. The Morgan fingerprint density at radius 1 is 1.04 bits per heavy atom. The molecular weight excluding hydrogens is 302 g/mol. The van der Waals surface area contributed by atoms with Crippen LogP contribution >= 0.6 is 0 Å². The van der Waals surface area contributed by atoms with Crippen molar-refractivity contribution < 1.29 is 13.3 Å². The van der Waals surface area contributed by atoms with Crippen molar-refractivity contribution in [1.29, 1.82) is 0 Å². The molecule has 0 aliphatic rings. The Kier molecular flexibility index (Phi) is 3.11. The summed E-state index contributed by atoms with van der Waals surface area (Å²) in [5, 5.41) is 8.47. The lowest BCUT2D eigenvalue weighted by atomic mass is 10.2. The van der Waals surface area contributed by atoms with Crippen molar-refractivity contribution in [3.63, 3.8) is 0 Å². The number of hydrogen-bond acceptors (Lipinski definition) is 4. The van der Waals surface area contributed by atoms with Crippen LogP contribution in [-0.4, -0.2) is 19.9 Å². The van der Waals surface area contributed by atoms with Crippen LogP contribution in [0.3, 0.4) is 0 Å². The van der Waals surface area contributed by atoms with Crippen LogP contribution in [-0.2, 0) is 6.54 Å². The summed E-state index contributed by atoms with van der Waals surface area (Å²) in [6.07, 6.45) is 1.46. The molecule has 7 heteroatoms. The molecule has 0 fully saturated rings. The number of aromatic nitrogens is 4. The molecular formula is C16H10F2N4O. The number of rotatable bonds is 3. The zero-order valence-electron chi connectivity index (χ0n) is 11.8. The van der Waals surface area contributed by atoms with E-state index in [-0.39, 0.29) is 18.2 Å². The zero-order chi connectivity index (χ0) is 15.8. The van der Waals surface area contributed by atoms with Crippen molar-refractivity contribution in [3.05, 3.63) is 66.1 Å². The van der Waals surface area contributed by atoms with Crippen LogP contribution in [0.2, 0.25) is 0 Å². The lowest BCUT2D eigenvalue weighted by Crippen LogP contribution is -2.03. The van der Waals surface area contributed by atoms with Gasteiger partial charge < -0.3 is 4.52 Å². The highest BCUT2D eigenvalue weighted by atomic mass is 19.1. The fourth-order valence-corrected chi connectivity index (χ4v) is 2.36. The van der Waals surface area contributed by atoms with Gasteiger partial charge in [-0.3, -0.25) is 4.68 Å². The minimum absolute atomic E-state index is 0.248. The van der Waals surface area contributed by atoms with E-state index >= 15 is 0 Å². The lowest BCUT2D eigenvalue weighted by Gasteiger charge is -1.99. The van der Waals surface area contributed by atoms with Crippen molar-refractivity contribution >= 4 is 10.9 Å². The van der Waals surface area contributed by atoms with Crippen LogP contribution in [0.4, 0.5) is 8.78 Å². The number of halogens is 2. The van der Waals surface area contributed by atoms with E-state index in [1.807, 2.05) is 0 Å². The SMILES string of the molecule is Fc1ccc(-c2nc(Cn3ncc4c(F)cccc43)no2)cc1. The van der Waals surface area contributed by atoms with Crippen molar-refractivity contribution in [2.45, 2.75) is 6.54 Å². The first-order valence-electron chi connectivity index (χ1n) is 6.89. The summed E-state index contributed by atoms with van der Waals surface area (Å²) < 4.78 is 33.4. The lowest BCUT2D eigenvalue weighted by molar-refractivity contribution is 0.419.